The molecule has 0 aliphatic rings. The number of ether oxygens (including phenoxy) is 1. The molecule has 0 heterocycles. The quantitative estimate of drug-likeness (QED) is 0.303. The summed E-state index contributed by atoms with van der Waals surface area (Å²) in [4.78, 5) is 10.2. The van der Waals surface area contributed by atoms with Gasteiger partial charge in [0.15, 0.2) is 0 Å². The Kier molecular flexibility index (Phi) is 7.05. The van der Waals surface area contributed by atoms with Crippen LogP contribution in [-0.2, 0) is 0 Å². The Bertz CT molecular complexity index is 401. The molecule has 4 nitrogen and oxygen atoms in total. The lowest BCUT2D eigenvalue weighted by atomic mass is 10.2. The Morgan fingerprint density at radius 3 is 2.61 bits per heavy atom. The zero-order chi connectivity index (χ0) is 13.4. The van der Waals surface area contributed by atoms with Crippen molar-refractivity contribution in [3.63, 3.8) is 0 Å². The molecule has 0 N–H and O–H groups in total. The highest BCUT2D eigenvalue weighted by atomic mass is 79.9. The number of hydrogen-bond donors (Lipinski definition) is 0. The van der Waals surface area contributed by atoms with E-state index in [0.29, 0.717) is 22.7 Å². The van der Waals surface area contributed by atoms with E-state index in [1.54, 1.807) is 6.07 Å². The van der Waals surface area contributed by atoms with E-state index in [1.165, 1.54) is 12.1 Å². The van der Waals surface area contributed by atoms with Crippen LogP contribution in [0.3, 0.4) is 0 Å². The molecule has 0 aliphatic heterocycles. The van der Waals surface area contributed by atoms with Crippen LogP contribution >= 0.6 is 27.5 Å². The number of nitro benzene ring substituents is 1. The molecular weight excluding hydrogens is 321 g/mol. The van der Waals surface area contributed by atoms with Gasteiger partial charge >= 0.3 is 0 Å². The molecule has 0 spiro atoms. The van der Waals surface area contributed by atoms with Crippen molar-refractivity contribution in [1.29, 1.82) is 0 Å². The highest BCUT2D eigenvalue weighted by molar-refractivity contribution is 9.10. The minimum Gasteiger partial charge on any atom is -0.493 e. The Balaban J connectivity index is 2.40. The molecule has 100 valence electrons. The van der Waals surface area contributed by atoms with Gasteiger partial charge in [-0.05, 0) is 18.9 Å². The highest BCUT2D eigenvalue weighted by Crippen LogP contribution is 2.26. The van der Waals surface area contributed by atoms with E-state index in [0.717, 1.165) is 25.7 Å². The van der Waals surface area contributed by atoms with Gasteiger partial charge in [-0.15, -0.1) is 11.6 Å². The molecule has 18 heavy (non-hydrogen) atoms. The van der Waals surface area contributed by atoms with Gasteiger partial charge in [0.1, 0.15) is 5.75 Å². The van der Waals surface area contributed by atoms with Crippen LogP contribution < -0.4 is 4.74 Å². The molecule has 0 saturated heterocycles. The summed E-state index contributed by atoms with van der Waals surface area (Å²) in [6.07, 6.45) is 4.09. The number of hydrogen-bond acceptors (Lipinski definition) is 3. The molecule has 0 amide bonds. The number of nitrogens with zero attached hydrogens (tertiary/aromatic N) is 1. The van der Waals surface area contributed by atoms with Crippen molar-refractivity contribution in [2.45, 2.75) is 25.7 Å². The summed E-state index contributed by atoms with van der Waals surface area (Å²) in [6, 6.07) is 4.61. The lowest BCUT2D eigenvalue weighted by Gasteiger charge is -2.06. The third-order valence-corrected chi connectivity index (χ3v) is 3.09. The standard InChI is InChI=1S/C12H15BrClNO3/c13-10-7-11(15(16)17)9-12(8-10)18-6-4-2-1-3-5-14/h7-9H,1-6H2. The topological polar surface area (TPSA) is 52.4 Å². The number of rotatable bonds is 8. The summed E-state index contributed by atoms with van der Waals surface area (Å²) in [6.45, 7) is 0.565. The monoisotopic (exact) mass is 335 g/mol. The van der Waals surface area contributed by atoms with Crippen molar-refractivity contribution in [2.24, 2.45) is 0 Å². The molecule has 1 rings (SSSR count). The molecule has 0 bridgehead atoms. The molecular formula is C12H15BrClNO3. The van der Waals surface area contributed by atoms with Crippen LogP contribution in [0.25, 0.3) is 0 Å². The van der Waals surface area contributed by atoms with Crippen LogP contribution in [0.4, 0.5) is 5.69 Å². The first-order valence-electron chi connectivity index (χ1n) is 5.77. The van der Waals surface area contributed by atoms with E-state index in [2.05, 4.69) is 15.9 Å². The second-order valence-electron chi connectivity index (χ2n) is 3.85. The normalized spacial score (nSPS) is 10.3. The summed E-state index contributed by atoms with van der Waals surface area (Å²) >= 11 is 8.80. The highest BCUT2D eigenvalue weighted by Gasteiger charge is 2.09. The van der Waals surface area contributed by atoms with Crippen molar-refractivity contribution in [3.05, 3.63) is 32.8 Å². The first-order valence-corrected chi connectivity index (χ1v) is 7.10. The predicted octanol–water partition coefficient (Wildman–Crippen LogP) is 4.54. The number of unbranched alkanes of at least 4 members (excludes halogenated alkanes) is 3. The number of benzene rings is 1. The van der Waals surface area contributed by atoms with Gasteiger partial charge in [-0.25, -0.2) is 0 Å². The lowest BCUT2D eigenvalue weighted by molar-refractivity contribution is -0.385. The van der Waals surface area contributed by atoms with E-state index in [4.69, 9.17) is 16.3 Å². The van der Waals surface area contributed by atoms with E-state index >= 15 is 0 Å². The summed E-state index contributed by atoms with van der Waals surface area (Å²) in [5, 5.41) is 10.7. The molecule has 1 aromatic rings. The molecule has 6 heteroatoms. The fourth-order valence-electron chi connectivity index (χ4n) is 1.48. The van der Waals surface area contributed by atoms with Gasteiger partial charge in [0.2, 0.25) is 0 Å². The molecule has 1 aromatic carbocycles. The van der Waals surface area contributed by atoms with Crippen molar-refractivity contribution in [1.82, 2.24) is 0 Å². The Hall–Kier alpha value is -0.810. The number of alkyl halides is 1. The molecule has 0 atom stereocenters. The maximum Gasteiger partial charge on any atom is 0.274 e. The van der Waals surface area contributed by atoms with Gasteiger partial charge in [-0.1, -0.05) is 28.8 Å². The molecule has 0 saturated carbocycles. The van der Waals surface area contributed by atoms with Crippen LogP contribution in [0.1, 0.15) is 25.7 Å². The molecule has 0 unspecified atom stereocenters. The van der Waals surface area contributed by atoms with Gasteiger partial charge in [-0.2, -0.15) is 0 Å². The molecule has 0 fully saturated rings. The number of non-ortho nitro benzene ring substituents is 1. The minimum absolute atomic E-state index is 0.0292. The first kappa shape index (κ1) is 15.2. The van der Waals surface area contributed by atoms with Gasteiger partial charge in [0, 0.05) is 16.4 Å². The largest absolute Gasteiger partial charge is 0.493 e. The zero-order valence-corrected chi connectivity index (χ0v) is 12.2. The Morgan fingerprint density at radius 2 is 1.94 bits per heavy atom. The Morgan fingerprint density at radius 1 is 1.22 bits per heavy atom. The molecule has 0 radical (unpaired) electrons. The average Bonchev–Trinajstić information content (AvgIpc) is 2.33. The predicted molar refractivity (Wildman–Crippen MR) is 75.5 cm³/mol. The lowest BCUT2D eigenvalue weighted by Crippen LogP contribution is -1.98. The Labute approximate surface area is 120 Å². The van der Waals surface area contributed by atoms with Crippen molar-refractivity contribution >= 4 is 33.2 Å². The fourth-order valence-corrected chi connectivity index (χ4v) is 2.13. The first-order chi connectivity index (χ1) is 8.63. The summed E-state index contributed by atoms with van der Waals surface area (Å²) in [7, 11) is 0. The summed E-state index contributed by atoms with van der Waals surface area (Å²) in [5.41, 5.74) is 0.0292. The van der Waals surface area contributed by atoms with E-state index in [-0.39, 0.29) is 5.69 Å². The second-order valence-corrected chi connectivity index (χ2v) is 5.15. The smallest absolute Gasteiger partial charge is 0.274 e. The zero-order valence-electron chi connectivity index (χ0n) is 9.90. The SMILES string of the molecule is O=[N+]([O-])c1cc(Br)cc(OCCCCCCCl)c1. The summed E-state index contributed by atoms with van der Waals surface area (Å²) < 4.78 is 6.14. The number of halogens is 2. The molecule has 0 aromatic heterocycles. The second kappa shape index (κ2) is 8.32. The minimum atomic E-state index is -0.432. The van der Waals surface area contributed by atoms with E-state index < -0.39 is 4.92 Å². The van der Waals surface area contributed by atoms with E-state index in [9.17, 15) is 10.1 Å². The maximum atomic E-state index is 10.7. The van der Waals surface area contributed by atoms with Gasteiger partial charge in [-0.3, -0.25) is 10.1 Å². The van der Waals surface area contributed by atoms with Crippen molar-refractivity contribution in [2.75, 3.05) is 12.5 Å². The van der Waals surface area contributed by atoms with E-state index in [1.807, 2.05) is 0 Å². The van der Waals surface area contributed by atoms with Crippen molar-refractivity contribution in [3.8, 4) is 5.75 Å². The van der Waals surface area contributed by atoms with Crippen LogP contribution in [0.2, 0.25) is 0 Å². The van der Waals surface area contributed by atoms with Gasteiger partial charge in [0.25, 0.3) is 5.69 Å². The maximum absolute atomic E-state index is 10.7. The van der Waals surface area contributed by atoms with Gasteiger partial charge in [0.05, 0.1) is 17.6 Å². The van der Waals surface area contributed by atoms with Crippen molar-refractivity contribution < 1.29 is 9.66 Å². The third kappa shape index (κ3) is 5.69. The molecule has 0 aliphatic carbocycles. The summed E-state index contributed by atoms with van der Waals surface area (Å²) in [5.74, 6) is 1.21. The van der Waals surface area contributed by atoms with Crippen LogP contribution in [0.5, 0.6) is 5.75 Å². The number of nitro groups is 1. The van der Waals surface area contributed by atoms with Crippen LogP contribution in [0, 0.1) is 10.1 Å². The fraction of sp³-hybridized carbons (Fsp3) is 0.500. The van der Waals surface area contributed by atoms with Crippen LogP contribution in [0.15, 0.2) is 22.7 Å². The van der Waals surface area contributed by atoms with Crippen LogP contribution in [-0.4, -0.2) is 17.4 Å². The van der Waals surface area contributed by atoms with Gasteiger partial charge < -0.3 is 4.74 Å². The average molecular weight is 337 g/mol. The third-order valence-electron chi connectivity index (χ3n) is 2.36.